The third-order valence-corrected chi connectivity index (χ3v) is 2.95. The van der Waals surface area contributed by atoms with Crippen molar-refractivity contribution >= 4 is 5.69 Å². The minimum atomic E-state index is 0.670. The van der Waals surface area contributed by atoms with E-state index in [1.54, 1.807) is 14.2 Å². The molecule has 0 amide bonds. The maximum atomic E-state index is 5.28. The van der Waals surface area contributed by atoms with Gasteiger partial charge in [-0.25, -0.2) is 0 Å². The minimum absolute atomic E-state index is 0.670. The predicted octanol–water partition coefficient (Wildman–Crippen LogP) is 2.92. The lowest BCUT2D eigenvalue weighted by molar-refractivity contribution is 0.354. The van der Waals surface area contributed by atoms with Gasteiger partial charge in [-0.2, -0.15) is 0 Å². The summed E-state index contributed by atoms with van der Waals surface area (Å²) in [6, 6.07) is 5.83. The molecule has 0 atom stereocenters. The van der Waals surface area contributed by atoms with Gasteiger partial charge in [0.1, 0.15) is 11.4 Å². The van der Waals surface area contributed by atoms with Crippen LogP contribution >= 0.6 is 0 Å². The highest BCUT2D eigenvalue weighted by Crippen LogP contribution is 2.28. The van der Waals surface area contributed by atoms with Crippen molar-refractivity contribution in [2.24, 2.45) is 0 Å². The van der Waals surface area contributed by atoms with Gasteiger partial charge in [-0.05, 0) is 31.5 Å². The smallest absolute Gasteiger partial charge is 0.161 e. The zero-order chi connectivity index (χ0) is 13.8. The molecule has 0 fully saturated rings. The summed E-state index contributed by atoms with van der Waals surface area (Å²) in [5, 5.41) is 7.22. The number of anilines is 1. The number of rotatable bonds is 5. The molecule has 5 nitrogen and oxygen atoms in total. The lowest BCUT2D eigenvalue weighted by atomic mass is 10.2. The Morgan fingerprint density at radius 3 is 2.47 bits per heavy atom. The second kappa shape index (κ2) is 5.65. The molecule has 102 valence electrons. The Kier molecular flexibility index (Phi) is 3.94. The fourth-order valence-corrected chi connectivity index (χ4v) is 1.92. The van der Waals surface area contributed by atoms with Crippen molar-refractivity contribution in [3.63, 3.8) is 0 Å². The van der Waals surface area contributed by atoms with E-state index in [1.807, 2.05) is 32.0 Å². The molecule has 0 unspecified atom stereocenters. The topological polar surface area (TPSA) is 56.5 Å². The molecule has 0 aliphatic carbocycles. The molecule has 0 aliphatic heterocycles. The van der Waals surface area contributed by atoms with E-state index in [9.17, 15) is 0 Å². The molecule has 1 heterocycles. The Bertz CT molecular complexity index is 544. The maximum Gasteiger partial charge on any atom is 0.161 e. The van der Waals surface area contributed by atoms with Crippen molar-refractivity contribution < 1.29 is 14.0 Å². The summed E-state index contributed by atoms with van der Waals surface area (Å²) in [6.45, 7) is 4.47. The van der Waals surface area contributed by atoms with Crippen LogP contribution in [0.2, 0.25) is 0 Å². The normalized spacial score (nSPS) is 10.3. The summed E-state index contributed by atoms with van der Waals surface area (Å²) in [4.78, 5) is 0. The molecule has 0 spiro atoms. The van der Waals surface area contributed by atoms with Crippen LogP contribution in [0.15, 0.2) is 22.7 Å². The zero-order valence-electron chi connectivity index (χ0n) is 11.6. The van der Waals surface area contributed by atoms with Crippen molar-refractivity contribution in [1.82, 2.24) is 5.16 Å². The van der Waals surface area contributed by atoms with Crippen LogP contribution in [-0.4, -0.2) is 19.4 Å². The van der Waals surface area contributed by atoms with E-state index in [0.29, 0.717) is 6.54 Å². The molecule has 0 radical (unpaired) electrons. The Balaban J connectivity index is 2.12. The number of hydrogen-bond donors (Lipinski definition) is 1. The average Bonchev–Trinajstić information content (AvgIpc) is 2.75. The quantitative estimate of drug-likeness (QED) is 0.897. The van der Waals surface area contributed by atoms with Crippen LogP contribution in [0.4, 0.5) is 5.69 Å². The van der Waals surface area contributed by atoms with E-state index in [2.05, 4.69) is 10.5 Å². The van der Waals surface area contributed by atoms with Gasteiger partial charge in [-0.3, -0.25) is 0 Å². The molecule has 2 rings (SSSR count). The van der Waals surface area contributed by atoms with Crippen LogP contribution in [-0.2, 0) is 6.54 Å². The number of hydrogen-bond acceptors (Lipinski definition) is 5. The monoisotopic (exact) mass is 262 g/mol. The van der Waals surface area contributed by atoms with Crippen LogP contribution in [0.1, 0.15) is 17.0 Å². The van der Waals surface area contributed by atoms with Crippen LogP contribution in [0.25, 0.3) is 0 Å². The van der Waals surface area contributed by atoms with Crippen molar-refractivity contribution in [3.8, 4) is 11.5 Å². The fourth-order valence-electron chi connectivity index (χ4n) is 1.92. The summed E-state index contributed by atoms with van der Waals surface area (Å²) >= 11 is 0. The molecule has 0 bridgehead atoms. The third kappa shape index (κ3) is 2.81. The molecule has 1 aromatic carbocycles. The highest BCUT2D eigenvalue weighted by Gasteiger charge is 2.09. The molecule has 0 aliphatic rings. The molecular formula is C14H18N2O3. The number of methoxy groups -OCH3 is 2. The second-order valence-corrected chi connectivity index (χ2v) is 4.24. The number of benzene rings is 1. The highest BCUT2D eigenvalue weighted by molar-refractivity contribution is 5.51. The van der Waals surface area contributed by atoms with E-state index in [4.69, 9.17) is 14.0 Å². The standard InChI is InChI=1S/C14H18N2O3/c1-9-14(10(2)19-16-9)15-8-11-5-6-12(17-3)13(7-11)18-4/h5-7,15H,8H2,1-4H3. The molecule has 2 aromatic rings. The third-order valence-electron chi connectivity index (χ3n) is 2.95. The van der Waals surface area contributed by atoms with E-state index in [-0.39, 0.29) is 0 Å². The van der Waals surface area contributed by atoms with E-state index in [1.165, 1.54) is 0 Å². The fraction of sp³-hybridized carbons (Fsp3) is 0.357. The van der Waals surface area contributed by atoms with E-state index < -0.39 is 0 Å². The SMILES string of the molecule is COc1ccc(CNc2c(C)noc2C)cc1OC. The average molecular weight is 262 g/mol. The van der Waals surface area contributed by atoms with Gasteiger partial charge >= 0.3 is 0 Å². The van der Waals surface area contributed by atoms with Gasteiger partial charge in [0.2, 0.25) is 0 Å². The van der Waals surface area contributed by atoms with Crippen molar-refractivity contribution in [2.45, 2.75) is 20.4 Å². The Morgan fingerprint density at radius 1 is 1.16 bits per heavy atom. The number of aromatic nitrogens is 1. The molecule has 19 heavy (non-hydrogen) atoms. The molecular weight excluding hydrogens is 244 g/mol. The van der Waals surface area contributed by atoms with Crippen LogP contribution in [0.3, 0.4) is 0 Å². The van der Waals surface area contributed by atoms with Gasteiger partial charge in [0.05, 0.1) is 14.2 Å². The van der Waals surface area contributed by atoms with Crippen LogP contribution in [0.5, 0.6) is 11.5 Å². The first-order chi connectivity index (χ1) is 9.15. The van der Waals surface area contributed by atoms with Crippen LogP contribution < -0.4 is 14.8 Å². The lowest BCUT2D eigenvalue weighted by Gasteiger charge is -2.10. The molecule has 1 aromatic heterocycles. The van der Waals surface area contributed by atoms with Crippen molar-refractivity contribution in [1.29, 1.82) is 0 Å². The maximum absolute atomic E-state index is 5.28. The molecule has 0 saturated carbocycles. The molecule has 0 saturated heterocycles. The predicted molar refractivity (Wildman–Crippen MR) is 72.8 cm³/mol. The zero-order valence-corrected chi connectivity index (χ0v) is 11.6. The first-order valence-electron chi connectivity index (χ1n) is 6.03. The Labute approximate surface area is 112 Å². The summed E-state index contributed by atoms with van der Waals surface area (Å²) in [5.74, 6) is 2.24. The number of ether oxygens (including phenoxy) is 2. The Hall–Kier alpha value is -2.17. The summed E-state index contributed by atoms with van der Waals surface area (Å²) in [6.07, 6.45) is 0. The second-order valence-electron chi connectivity index (χ2n) is 4.24. The van der Waals surface area contributed by atoms with Gasteiger partial charge in [-0.15, -0.1) is 0 Å². The molecule has 1 N–H and O–H groups in total. The van der Waals surface area contributed by atoms with E-state index in [0.717, 1.165) is 34.2 Å². The van der Waals surface area contributed by atoms with Gasteiger partial charge in [-0.1, -0.05) is 11.2 Å². The van der Waals surface area contributed by atoms with Gasteiger partial charge in [0.25, 0.3) is 0 Å². The lowest BCUT2D eigenvalue weighted by Crippen LogP contribution is -2.02. The van der Waals surface area contributed by atoms with Crippen LogP contribution in [0, 0.1) is 13.8 Å². The van der Waals surface area contributed by atoms with Gasteiger partial charge in [0, 0.05) is 6.54 Å². The first-order valence-corrected chi connectivity index (χ1v) is 6.03. The summed E-state index contributed by atoms with van der Waals surface area (Å²) < 4.78 is 15.6. The molecule has 5 heteroatoms. The van der Waals surface area contributed by atoms with Gasteiger partial charge in [0.15, 0.2) is 17.3 Å². The number of aryl methyl sites for hydroxylation is 2. The minimum Gasteiger partial charge on any atom is -0.493 e. The summed E-state index contributed by atoms with van der Waals surface area (Å²) in [5.41, 5.74) is 2.89. The largest absolute Gasteiger partial charge is 0.493 e. The highest BCUT2D eigenvalue weighted by atomic mass is 16.5. The number of nitrogens with one attached hydrogen (secondary N) is 1. The van der Waals surface area contributed by atoms with Gasteiger partial charge < -0.3 is 19.3 Å². The van der Waals surface area contributed by atoms with Crippen molar-refractivity contribution in [2.75, 3.05) is 19.5 Å². The van der Waals surface area contributed by atoms with E-state index >= 15 is 0 Å². The number of nitrogens with zero attached hydrogens (tertiary/aromatic N) is 1. The Morgan fingerprint density at radius 2 is 1.89 bits per heavy atom. The van der Waals surface area contributed by atoms with Crippen molar-refractivity contribution in [3.05, 3.63) is 35.2 Å². The summed E-state index contributed by atoms with van der Waals surface area (Å²) in [7, 11) is 3.25. The first kappa shape index (κ1) is 13.3.